The number of rotatable bonds is 6. The molecule has 1 heterocycles. The van der Waals surface area contributed by atoms with Gasteiger partial charge in [0.25, 0.3) is 0 Å². The highest BCUT2D eigenvalue weighted by Crippen LogP contribution is 2.30. The summed E-state index contributed by atoms with van der Waals surface area (Å²) in [5.74, 6) is 1.64. The molecule has 0 spiro atoms. The minimum atomic E-state index is 0.233. The summed E-state index contributed by atoms with van der Waals surface area (Å²) in [5.41, 5.74) is 1.21. The van der Waals surface area contributed by atoms with E-state index in [1.165, 1.54) is 5.56 Å². The van der Waals surface area contributed by atoms with E-state index < -0.39 is 0 Å². The summed E-state index contributed by atoms with van der Waals surface area (Å²) in [6, 6.07) is 6.11. The Bertz CT molecular complexity index is 389. The molecule has 4 heteroatoms. The van der Waals surface area contributed by atoms with E-state index in [0.29, 0.717) is 0 Å². The van der Waals surface area contributed by atoms with E-state index in [-0.39, 0.29) is 6.10 Å². The average molecular weight is 265 g/mol. The molecule has 1 N–H and O–H groups in total. The monoisotopic (exact) mass is 265 g/mol. The maximum absolute atomic E-state index is 6.07. The minimum absolute atomic E-state index is 0.233. The molecule has 1 fully saturated rings. The van der Waals surface area contributed by atoms with Gasteiger partial charge >= 0.3 is 0 Å². The van der Waals surface area contributed by atoms with E-state index in [2.05, 4.69) is 24.4 Å². The molecule has 0 bridgehead atoms. The first-order chi connectivity index (χ1) is 9.33. The normalized spacial score (nSPS) is 16.3. The standard InChI is InChI=1S/C15H23NO3/c1-3-16-11-12-4-5-14(17-2)15(10-12)19-13-6-8-18-9-7-13/h4-5,10,13,16H,3,6-9,11H2,1-2H3. The third-order valence-corrected chi connectivity index (χ3v) is 3.27. The predicted molar refractivity (Wildman–Crippen MR) is 74.8 cm³/mol. The first-order valence-electron chi connectivity index (χ1n) is 6.95. The van der Waals surface area contributed by atoms with Crippen LogP contribution < -0.4 is 14.8 Å². The van der Waals surface area contributed by atoms with Crippen molar-refractivity contribution in [3.63, 3.8) is 0 Å². The Morgan fingerprint density at radius 3 is 2.74 bits per heavy atom. The Hall–Kier alpha value is -1.26. The molecule has 1 aliphatic rings. The van der Waals surface area contributed by atoms with Crippen LogP contribution in [0, 0.1) is 0 Å². The van der Waals surface area contributed by atoms with Crippen LogP contribution in [0.25, 0.3) is 0 Å². The molecule has 4 nitrogen and oxygen atoms in total. The largest absolute Gasteiger partial charge is 0.493 e. The van der Waals surface area contributed by atoms with Crippen molar-refractivity contribution in [2.24, 2.45) is 0 Å². The van der Waals surface area contributed by atoms with Crippen molar-refractivity contribution >= 4 is 0 Å². The smallest absolute Gasteiger partial charge is 0.161 e. The van der Waals surface area contributed by atoms with E-state index in [1.54, 1.807) is 7.11 Å². The number of hydrogen-bond acceptors (Lipinski definition) is 4. The second-order valence-corrected chi connectivity index (χ2v) is 4.70. The molecule has 1 aromatic carbocycles. The Morgan fingerprint density at radius 1 is 1.26 bits per heavy atom. The van der Waals surface area contributed by atoms with Crippen LogP contribution in [-0.4, -0.2) is 33.0 Å². The second kappa shape index (κ2) is 7.36. The van der Waals surface area contributed by atoms with Crippen LogP contribution in [0.4, 0.5) is 0 Å². The van der Waals surface area contributed by atoms with Gasteiger partial charge in [0.15, 0.2) is 11.5 Å². The van der Waals surface area contributed by atoms with Crippen LogP contribution in [0.2, 0.25) is 0 Å². The molecule has 0 aliphatic carbocycles. The fourth-order valence-corrected chi connectivity index (χ4v) is 2.17. The van der Waals surface area contributed by atoms with Crippen LogP contribution in [0.15, 0.2) is 18.2 Å². The molecule has 106 valence electrons. The Balaban J connectivity index is 2.06. The van der Waals surface area contributed by atoms with Gasteiger partial charge in [-0.1, -0.05) is 13.0 Å². The number of methoxy groups -OCH3 is 1. The van der Waals surface area contributed by atoms with Gasteiger partial charge in [-0.2, -0.15) is 0 Å². The van der Waals surface area contributed by atoms with Gasteiger partial charge in [-0.3, -0.25) is 0 Å². The summed E-state index contributed by atoms with van der Waals surface area (Å²) in [6.45, 7) is 5.48. The van der Waals surface area contributed by atoms with Gasteiger partial charge in [0.2, 0.25) is 0 Å². The van der Waals surface area contributed by atoms with E-state index >= 15 is 0 Å². The van der Waals surface area contributed by atoms with E-state index in [1.807, 2.05) is 6.07 Å². The van der Waals surface area contributed by atoms with Crippen molar-refractivity contribution in [3.8, 4) is 11.5 Å². The number of nitrogens with one attached hydrogen (secondary N) is 1. The molecule has 2 rings (SSSR count). The minimum Gasteiger partial charge on any atom is -0.493 e. The highest BCUT2D eigenvalue weighted by molar-refractivity contribution is 5.43. The van der Waals surface area contributed by atoms with Gasteiger partial charge < -0.3 is 19.5 Å². The predicted octanol–water partition coefficient (Wildman–Crippen LogP) is 2.36. The lowest BCUT2D eigenvalue weighted by molar-refractivity contribution is 0.0245. The van der Waals surface area contributed by atoms with E-state index in [9.17, 15) is 0 Å². The molecular formula is C15H23NO3. The van der Waals surface area contributed by atoms with Gasteiger partial charge in [0.05, 0.1) is 20.3 Å². The molecule has 0 aromatic heterocycles. The zero-order valence-electron chi connectivity index (χ0n) is 11.8. The highest BCUT2D eigenvalue weighted by Gasteiger charge is 2.17. The van der Waals surface area contributed by atoms with Crippen molar-refractivity contribution in [2.45, 2.75) is 32.4 Å². The molecule has 0 radical (unpaired) electrons. The van der Waals surface area contributed by atoms with E-state index in [4.69, 9.17) is 14.2 Å². The van der Waals surface area contributed by atoms with Gasteiger partial charge in [-0.05, 0) is 24.2 Å². The van der Waals surface area contributed by atoms with Crippen LogP contribution in [-0.2, 0) is 11.3 Å². The van der Waals surface area contributed by atoms with Crippen LogP contribution in [0.3, 0.4) is 0 Å². The van der Waals surface area contributed by atoms with Crippen molar-refractivity contribution in [3.05, 3.63) is 23.8 Å². The van der Waals surface area contributed by atoms with Gasteiger partial charge in [0, 0.05) is 19.4 Å². The van der Waals surface area contributed by atoms with Crippen molar-refractivity contribution in [1.82, 2.24) is 5.32 Å². The molecule has 0 amide bonds. The molecule has 19 heavy (non-hydrogen) atoms. The molecule has 1 aliphatic heterocycles. The lowest BCUT2D eigenvalue weighted by atomic mass is 10.1. The molecule has 0 saturated carbocycles. The molecule has 1 saturated heterocycles. The number of hydrogen-bond donors (Lipinski definition) is 1. The first kappa shape index (κ1) is 14.2. The first-order valence-corrected chi connectivity index (χ1v) is 6.95. The van der Waals surface area contributed by atoms with Crippen LogP contribution in [0.5, 0.6) is 11.5 Å². The molecule has 1 aromatic rings. The van der Waals surface area contributed by atoms with Crippen LogP contribution in [0.1, 0.15) is 25.3 Å². The van der Waals surface area contributed by atoms with Gasteiger partial charge in [-0.25, -0.2) is 0 Å². The number of ether oxygens (including phenoxy) is 3. The lowest BCUT2D eigenvalue weighted by Crippen LogP contribution is -2.26. The number of benzene rings is 1. The Morgan fingerprint density at radius 2 is 2.05 bits per heavy atom. The second-order valence-electron chi connectivity index (χ2n) is 4.70. The molecule has 0 atom stereocenters. The molecular weight excluding hydrogens is 242 g/mol. The van der Waals surface area contributed by atoms with Gasteiger partial charge in [-0.15, -0.1) is 0 Å². The van der Waals surface area contributed by atoms with Crippen molar-refractivity contribution in [1.29, 1.82) is 0 Å². The summed E-state index contributed by atoms with van der Waals surface area (Å²) in [7, 11) is 1.68. The third kappa shape index (κ3) is 4.11. The average Bonchev–Trinajstić information content (AvgIpc) is 2.46. The Kier molecular flexibility index (Phi) is 5.48. The van der Waals surface area contributed by atoms with E-state index in [0.717, 1.165) is 50.6 Å². The van der Waals surface area contributed by atoms with Crippen molar-refractivity contribution < 1.29 is 14.2 Å². The summed E-state index contributed by atoms with van der Waals surface area (Å²) < 4.78 is 16.8. The lowest BCUT2D eigenvalue weighted by Gasteiger charge is -2.24. The topological polar surface area (TPSA) is 39.7 Å². The van der Waals surface area contributed by atoms with Crippen LogP contribution >= 0.6 is 0 Å². The SMILES string of the molecule is CCNCc1ccc(OC)c(OC2CCOCC2)c1. The fourth-order valence-electron chi connectivity index (χ4n) is 2.17. The summed E-state index contributed by atoms with van der Waals surface area (Å²) in [4.78, 5) is 0. The Labute approximate surface area is 115 Å². The van der Waals surface area contributed by atoms with Crippen molar-refractivity contribution in [2.75, 3.05) is 26.9 Å². The highest BCUT2D eigenvalue weighted by atomic mass is 16.5. The summed E-state index contributed by atoms with van der Waals surface area (Å²) in [6.07, 6.45) is 2.12. The molecule has 0 unspecified atom stereocenters. The maximum atomic E-state index is 6.07. The summed E-state index contributed by atoms with van der Waals surface area (Å²) >= 11 is 0. The maximum Gasteiger partial charge on any atom is 0.161 e. The summed E-state index contributed by atoms with van der Waals surface area (Å²) in [5, 5.41) is 3.32. The quantitative estimate of drug-likeness (QED) is 0.857. The fraction of sp³-hybridized carbons (Fsp3) is 0.600. The zero-order chi connectivity index (χ0) is 13.5. The third-order valence-electron chi connectivity index (χ3n) is 3.27. The zero-order valence-corrected chi connectivity index (χ0v) is 11.8. The van der Waals surface area contributed by atoms with Gasteiger partial charge in [0.1, 0.15) is 6.10 Å².